The minimum atomic E-state index is -0.371. The summed E-state index contributed by atoms with van der Waals surface area (Å²) in [6.07, 6.45) is 1.75. The predicted molar refractivity (Wildman–Crippen MR) is 86.2 cm³/mol. The fraction of sp³-hybridized carbons (Fsp3) is 0.556. The van der Waals surface area contributed by atoms with E-state index in [0.717, 1.165) is 18.4 Å². The Morgan fingerprint density at radius 2 is 2.08 bits per heavy atom. The first kappa shape index (κ1) is 15.6. The van der Waals surface area contributed by atoms with E-state index in [9.17, 15) is 14.7 Å². The molecule has 0 radical (unpaired) electrons. The van der Waals surface area contributed by atoms with E-state index in [2.05, 4.69) is 5.32 Å². The van der Waals surface area contributed by atoms with Crippen LogP contribution in [0.3, 0.4) is 0 Å². The molecule has 1 saturated carbocycles. The lowest BCUT2D eigenvalue weighted by Gasteiger charge is -2.55. The summed E-state index contributed by atoms with van der Waals surface area (Å²) in [5, 5.41) is 13.2. The monoisotopic (exact) mass is 330 g/mol. The molecule has 0 bridgehead atoms. The molecule has 2 aliphatic heterocycles. The highest BCUT2D eigenvalue weighted by Gasteiger charge is 2.55. The molecule has 1 aromatic carbocycles. The number of nitrogens with one attached hydrogen (secondary N) is 1. The zero-order chi connectivity index (χ0) is 16.7. The van der Waals surface area contributed by atoms with Crippen molar-refractivity contribution in [2.24, 2.45) is 5.41 Å². The molecule has 1 spiro atoms. The van der Waals surface area contributed by atoms with Gasteiger partial charge in [-0.1, -0.05) is 18.2 Å². The number of rotatable bonds is 3. The topological polar surface area (TPSA) is 78.9 Å². The predicted octanol–water partition coefficient (Wildman–Crippen LogP) is 0.689. The fourth-order valence-corrected chi connectivity index (χ4v) is 4.26. The standard InChI is InChI=1S/C18H22N2O4/c21-15-9-14(18(15)5-7-24-8-6-18)19-16(22)11-20-10-12-3-1-2-4-13(12)17(20)23/h1-4,14-15,21H,5-11H2,(H,19,22)/t14-,15-/m1/s1. The summed E-state index contributed by atoms with van der Waals surface area (Å²) in [5.41, 5.74) is 1.41. The molecular weight excluding hydrogens is 308 g/mol. The summed E-state index contributed by atoms with van der Waals surface area (Å²) in [6.45, 7) is 1.80. The van der Waals surface area contributed by atoms with Gasteiger partial charge in [0.25, 0.3) is 5.91 Å². The summed E-state index contributed by atoms with van der Waals surface area (Å²) < 4.78 is 5.38. The third-order valence-corrected chi connectivity index (χ3v) is 5.81. The van der Waals surface area contributed by atoms with Crippen LogP contribution in [0.5, 0.6) is 0 Å². The van der Waals surface area contributed by atoms with Gasteiger partial charge in [-0.2, -0.15) is 0 Å². The molecule has 2 amide bonds. The van der Waals surface area contributed by atoms with Crippen molar-refractivity contribution in [1.29, 1.82) is 0 Å². The maximum absolute atomic E-state index is 12.4. The molecule has 6 nitrogen and oxygen atoms in total. The summed E-state index contributed by atoms with van der Waals surface area (Å²) >= 11 is 0. The van der Waals surface area contributed by atoms with Crippen molar-refractivity contribution >= 4 is 11.8 Å². The average molecular weight is 330 g/mol. The average Bonchev–Trinajstić information content (AvgIpc) is 2.91. The number of benzene rings is 1. The number of aliphatic hydroxyl groups is 1. The van der Waals surface area contributed by atoms with E-state index in [1.807, 2.05) is 18.2 Å². The molecule has 2 N–H and O–H groups in total. The summed E-state index contributed by atoms with van der Waals surface area (Å²) in [7, 11) is 0. The Morgan fingerprint density at radius 1 is 1.33 bits per heavy atom. The Bertz CT molecular complexity index is 669. The minimum Gasteiger partial charge on any atom is -0.392 e. The second-order valence-electron chi connectivity index (χ2n) is 7.04. The number of fused-ring (bicyclic) bond motifs is 1. The van der Waals surface area contributed by atoms with Crippen LogP contribution in [0.2, 0.25) is 0 Å². The number of carbonyl (C=O) groups excluding carboxylic acids is 2. The first-order valence-electron chi connectivity index (χ1n) is 8.52. The van der Waals surface area contributed by atoms with Crippen LogP contribution < -0.4 is 5.32 Å². The van der Waals surface area contributed by atoms with E-state index < -0.39 is 0 Å². The second-order valence-corrected chi connectivity index (χ2v) is 7.04. The molecule has 128 valence electrons. The lowest BCUT2D eigenvalue weighted by molar-refractivity contribution is -0.156. The van der Waals surface area contributed by atoms with Crippen LogP contribution in [-0.2, 0) is 16.1 Å². The van der Waals surface area contributed by atoms with Gasteiger partial charge in [-0.25, -0.2) is 0 Å². The molecule has 24 heavy (non-hydrogen) atoms. The van der Waals surface area contributed by atoms with Crippen LogP contribution in [0.15, 0.2) is 24.3 Å². The summed E-state index contributed by atoms with van der Waals surface area (Å²) in [4.78, 5) is 26.3. The Hall–Kier alpha value is -1.92. The molecule has 1 aromatic rings. The van der Waals surface area contributed by atoms with E-state index in [-0.39, 0.29) is 35.9 Å². The number of aliphatic hydroxyl groups excluding tert-OH is 1. The number of ether oxygens (including phenoxy) is 1. The molecule has 2 heterocycles. The third kappa shape index (κ3) is 2.41. The van der Waals surface area contributed by atoms with Crippen LogP contribution in [0.4, 0.5) is 0 Å². The quantitative estimate of drug-likeness (QED) is 0.855. The molecule has 6 heteroatoms. The van der Waals surface area contributed by atoms with E-state index in [0.29, 0.717) is 31.7 Å². The van der Waals surface area contributed by atoms with Gasteiger partial charge in [0.15, 0.2) is 0 Å². The first-order valence-corrected chi connectivity index (χ1v) is 8.52. The molecule has 1 aliphatic carbocycles. The third-order valence-electron chi connectivity index (χ3n) is 5.81. The van der Waals surface area contributed by atoms with Crippen molar-refractivity contribution in [1.82, 2.24) is 10.2 Å². The van der Waals surface area contributed by atoms with Gasteiger partial charge in [-0.3, -0.25) is 9.59 Å². The van der Waals surface area contributed by atoms with Crippen molar-refractivity contribution in [3.05, 3.63) is 35.4 Å². The SMILES string of the molecule is O=C(CN1Cc2ccccc2C1=O)N[C@@H]1C[C@@H](O)C12CCOCC2. The van der Waals surface area contributed by atoms with Crippen LogP contribution in [0, 0.1) is 5.41 Å². The number of hydrogen-bond acceptors (Lipinski definition) is 4. The Labute approximate surface area is 140 Å². The minimum absolute atomic E-state index is 0.0241. The van der Waals surface area contributed by atoms with Gasteiger partial charge in [-0.05, 0) is 30.9 Å². The van der Waals surface area contributed by atoms with Crippen molar-refractivity contribution in [2.75, 3.05) is 19.8 Å². The van der Waals surface area contributed by atoms with Gasteiger partial charge in [0.2, 0.25) is 5.91 Å². The van der Waals surface area contributed by atoms with Crippen molar-refractivity contribution in [3.8, 4) is 0 Å². The van der Waals surface area contributed by atoms with Gasteiger partial charge in [0.1, 0.15) is 6.54 Å². The van der Waals surface area contributed by atoms with E-state index in [1.165, 1.54) is 0 Å². The van der Waals surface area contributed by atoms with Gasteiger partial charge in [0, 0.05) is 36.8 Å². The molecule has 0 aromatic heterocycles. The highest BCUT2D eigenvalue weighted by atomic mass is 16.5. The fourth-order valence-electron chi connectivity index (χ4n) is 4.26. The zero-order valence-electron chi connectivity index (χ0n) is 13.5. The molecule has 0 unspecified atom stereocenters. The van der Waals surface area contributed by atoms with Crippen molar-refractivity contribution in [2.45, 2.75) is 38.0 Å². The number of carbonyl (C=O) groups is 2. The highest BCUT2D eigenvalue weighted by molar-refractivity contribution is 6.00. The van der Waals surface area contributed by atoms with Crippen molar-refractivity contribution in [3.63, 3.8) is 0 Å². The van der Waals surface area contributed by atoms with E-state index in [4.69, 9.17) is 4.74 Å². The Balaban J connectivity index is 1.37. The highest BCUT2D eigenvalue weighted by Crippen LogP contribution is 2.48. The van der Waals surface area contributed by atoms with E-state index >= 15 is 0 Å². The van der Waals surface area contributed by atoms with Gasteiger partial charge in [-0.15, -0.1) is 0 Å². The summed E-state index contributed by atoms with van der Waals surface area (Å²) in [5.74, 6) is -0.242. The van der Waals surface area contributed by atoms with Crippen LogP contribution in [0.25, 0.3) is 0 Å². The molecule has 4 rings (SSSR count). The number of nitrogens with zero attached hydrogens (tertiary/aromatic N) is 1. The van der Waals surface area contributed by atoms with Gasteiger partial charge < -0.3 is 20.1 Å². The molecule has 2 atom stereocenters. The lowest BCUT2D eigenvalue weighted by Crippen LogP contribution is -2.66. The maximum atomic E-state index is 12.4. The Morgan fingerprint density at radius 3 is 2.79 bits per heavy atom. The molecule has 3 aliphatic rings. The largest absolute Gasteiger partial charge is 0.392 e. The van der Waals surface area contributed by atoms with Crippen LogP contribution in [0.1, 0.15) is 35.2 Å². The van der Waals surface area contributed by atoms with Gasteiger partial charge >= 0.3 is 0 Å². The molecule has 1 saturated heterocycles. The van der Waals surface area contributed by atoms with Crippen molar-refractivity contribution < 1.29 is 19.4 Å². The molecular formula is C18H22N2O4. The van der Waals surface area contributed by atoms with Crippen LogP contribution in [-0.4, -0.2) is 53.7 Å². The Kier molecular flexibility index (Phi) is 3.81. The first-order chi connectivity index (χ1) is 11.6. The molecule has 2 fully saturated rings. The zero-order valence-corrected chi connectivity index (χ0v) is 13.5. The van der Waals surface area contributed by atoms with Gasteiger partial charge in [0.05, 0.1) is 6.10 Å². The second kappa shape index (κ2) is 5.86. The summed E-state index contributed by atoms with van der Waals surface area (Å²) in [6, 6.07) is 7.44. The lowest BCUT2D eigenvalue weighted by atomic mass is 9.58. The normalized spacial score (nSPS) is 27.7. The number of hydrogen-bond donors (Lipinski definition) is 2. The number of amides is 2. The van der Waals surface area contributed by atoms with Crippen LogP contribution >= 0.6 is 0 Å². The van der Waals surface area contributed by atoms with E-state index in [1.54, 1.807) is 11.0 Å². The smallest absolute Gasteiger partial charge is 0.254 e. The maximum Gasteiger partial charge on any atom is 0.254 e.